The highest BCUT2D eigenvalue weighted by molar-refractivity contribution is 7.92. The second-order valence-electron chi connectivity index (χ2n) is 7.86. The molecule has 1 aliphatic rings. The third-order valence-corrected chi connectivity index (χ3v) is 6.57. The van der Waals surface area contributed by atoms with E-state index in [1.165, 1.54) is 0 Å². The smallest absolute Gasteiger partial charge is 0.255 e. The molecule has 31 heavy (non-hydrogen) atoms. The van der Waals surface area contributed by atoms with E-state index in [0.29, 0.717) is 30.0 Å². The van der Waals surface area contributed by atoms with E-state index in [1.54, 1.807) is 54.3 Å². The van der Waals surface area contributed by atoms with Crippen LogP contribution in [0.15, 0.2) is 48.5 Å². The van der Waals surface area contributed by atoms with Crippen molar-refractivity contribution in [2.24, 2.45) is 0 Å². The van der Waals surface area contributed by atoms with E-state index < -0.39 is 22.0 Å². The van der Waals surface area contributed by atoms with Gasteiger partial charge in [-0.3, -0.25) is 13.9 Å². The maximum Gasteiger partial charge on any atom is 0.255 e. The molecule has 1 saturated heterocycles. The van der Waals surface area contributed by atoms with Gasteiger partial charge < -0.3 is 10.2 Å². The Morgan fingerprint density at radius 3 is 2.39 bits per heavy atom. The lowest BCUT2D eigenvalue weighted by atomic mass is 10.1. The van der Waals surface area contributed by atoms with Crippen LogP contribution in [0.4, 0.5) is 11.4 Å². The second-order valence-corrected chi connectivity index (χ2v) is 9.72. The minimum Gasteiger partial charge on any atom is -0.339 e. The number of nitrogens with one attached hydrogen (secondary N) is 1. The number of rotatable bonds is 7. The lowest BCUT2D eigenvalue weighted by molar-refractivity contribution is -0.117. The first-order valence-electron chi connectivity index (χ1n) is 10.5. The van der Waals surface area contributed by atoms with E-state index >= 15 is 0 Å². The van der Waals surface area contributed by atoms with Gasteiger partial charge in [-0.1, -0.05) is 31.2 Å². The van der Waals surface area contributed by atoms with Gasteiger partial charge in [0.05, 0.1) is 23.2 Å². The Hall–Kier alpha value is -2.87. The summed E-state index contributed by atoms with van der Waals surface area (Å²) < 4.78 is 26.4. The number of hydrogen-bond acceptors (Lipinski definition) is 4. The standard InChI is InChI=1S/C23H29N3O4S/c1-4-21(26(31(3,29)30)18-11-9-10-17(2)16-18)22(27)24-20-13-6-5-12-19(20)23(28)25-14-7-8-15-25/h5-6,9-13,16,21H,4,7-8,14-15H2,1-3H3,(H,24,27)/t21-/m0/s1. The van der Waals surface area contributed by atoms with E-state index in [0.717, 1.165) is 29.0 Å². The number of nitrogens with zero attached hydrogens (tertiary/aromatic N) is 2. The summed E-state index contributed by atoms with van der Waals surface area (Å²) in [5.74, 6) is -0.601. The van der Waals surface area contributed by atoms with Crippen LogP contribution in [-0.4, -0.2) is 50.5 Å². The van der Waals surface area contributed by atoms with Crippen molar-refractivity contribution in [3.8, 4) is 0 Å². The zero-order valence-electron chi connectivity index (χ0n) is 18.2. The van der Waals surface area contributed by atoms with Gasteiger partial charge in [0, 0.05) is 13.1 Å². The highest BCUT2D eigenvalue weighted by atomic mass is 32.2. The predicted molar refractivity (Wildman–Crippen MR) is 123 cm³/mol. The SMILES string of the molecule is CC[C@@H](C(=O)Nc1ccccc1C(=O)N1CCCC1)N(c1cccc(C)c1)S(C)(=O)=O. The number of benzene rings is 2. The van der Waals surface area contributed by atoms with Crippen LogP contribution in [0.2, 0.25) is 0 Å². The van der Waals surface area contributed by atoms with Crippen LogP contribution in [-0.2, 0) is 14.8 Å². The van der Waals surface area contributed by atoms with Crippen molar-refractivity contribution in [1.29, 1.82) is 0 Å². The number of aryl methyl sites for hydroxylation is 1. The fourth-order valence-corrected chi connectivity index (χ4v) is 5.11. The number of anilines is 2. The molecule has 3 rings (SSSR count). The highest BCUT2D eigenvalue weighted by Crippen LogP contribution is 2.25. The molecule has 0 unspecified atom stereocenters. The number of hydrogen-bond donors (Lipinski definition) is 1. The molecule has 0 aliphatic carbocycles. The van der Waals surface area contributed by atoms with E-state index in [-0.39, 0.29) is 12.3 Å². The molecule has 1 fully saturated rings. The molecule has 7 nitrogen and oxygen atoms in total. The zero-order valence-corrected chi connectivity index (χ0v) is 19.0. The van der Waals surface area contributed by atoms with Gasteiger partial charge in [0.25, 0.3) is 5.91 Å². The largest absolute Gasteiger partial charge is 0.339 e. The van der Waals surface area contributed by atoms with Gasteiger partial charge in [-0.05, 0) is 56.0 Å². The monoisotopic (exact) mass is 443 g/mol. The van der Waals surface area contributed by atoms with Crippen molar-refractivity contribution in [2.75, 3.05) is 29.0 Å². The fraction of sp³-hybridized carbons (Fsp3) is 0.391. The molecular weight excluding hydrogens is 414 g/mol. The van der Waals surface area contributed by atoms with Gasteiger partial charge in [-0.25, -0.2) is 8.42 Å². The first-order valence-corrected chi connectivity index (χ1v) is 12.3. The molecule has 2 aromatic carbocycles. The van der Waals surface area contributed by atoms with Crippen molar-refractivity contribution in [3.63, 3.8) is 0 Å². The van der Waals surface area contributed by atoms with Crippen LogP contribution < -0.4 is 9.62 Å². The number of sulfonamides is 1. The minimum absolute atomic E-state index is 0.125. The quantitative estimate of drug-likeness (QED) is 0.710. The molecule has 2 aromatic rings. The average molecular weight is 444 g/mol. The topological polar surface area (TPSA) is 86.8 Å². The molecule has 8 heteroatoms. The molecule has 1 heterocycles. The Balaban J connectivity index is 1.91. The number of likely N-dealkylation sites (tertiary alicyclic amines) is 1. The number of amides is 2. The summed E-state index contributed by atoms with van der Waals surface area (Å²) in [5.41, 5.74) is 2.13. The maximum absolute atomic E-state index is 13.2. The lowest BCUT2D eigenvalue weighted by Gasteiger charge is -2.30. The molecule has 1 atom stereocenters. The molecule has 1 aliphatic heterocycles. The number of para-hydroxylation sites is 1. The van der Waals surface area contributed by atoms with Crippen LogP contribution in [0.5, 0.6) is 0 Å². The van der Waals surface area contributed by atoms with Gasteiger partial charge in [0.15, 0.2) is 0 Å². The van der Waals surface area contributed by atoms with Crippen molar-refractivity contribution in [2.45, 2.75) is 39.2 Å². The fourth-order valence-electron chi connectivity index (χ4n) is 3.91. The third kappa shape index (κ3) is 5.25. The van der Waals surface area contributed by atoms with Crippen molar-refractivity contribution >= 4 is 33.2 Å². The van der Waals surface area contributed by atoms with Crippen molar-refractivity contribution in [1.82, 2.24) is 4.90 Å². The lowest BCUT2D eigenvalue weighted by Crippen LogP contribution is -2.47. The number of carbonyl (C=O) groups excluding carboxylic acids is 2. The molecule has 166 valence electrons. The molecular formula is C23H29N3O4S. The molecule has 0 bridgehead atoms. The summed E-state index contributed by atoms with van der Waals surface area (Å²) in [7, 11) is -3.73. The van der Waals surface area contributed by atoms with Gasteiger partial charge >= 0.3 is 0 Å². The van der Waals surface area contributed by atoms with Gasteiger partial charge in [-0.2, -0.15) is 0 Å². The van der Waals surface area contributed by atoms with E-state index in [2.05, 4.69) is 5.32 Å². The summed E-state index contributed by atoms with van der Waals surface area (Å²) in [4.78, 5) is 27.9. The molecule has 0 saturated carbocycles. The van der Waals surface area contributed by atoms with E-state index in [1.807, 2.05) is 13.0 Å². The predicted octanol–water partition coefficient (Wildman–Crippen LogP) is 3.41. The normalized spacial score (nSPS) is 14.9. The van der Waals surface area contributed by atoms with Crippen LogP contribution in [0.25, 0.3) is 0 Å². The molecule has 0 aromatic heterocycles. The summed E-state index contributed by atoms with van der Waals surface area (Å²) in [6.07, 6.45) is 3.31. The Bertz CT molecular complexity index is 1060. The van der Waals surface area contributed by atoms with Gasteiger partial charge in [0.2, 0.25) is 15.9 Å². The van der Waals surface area contributed by atoms with Crippen molar-refractivity contribution in [3.05, 3.63) is 59.7 Å². The average Bonchev–Trinajstić information content (AvgIpc) is 3.25. The first kappa shape index (κ1) is 22.8. The van der Waals surface area contributed by atoms with Gasteiger partial charge in [-0.15, -0.1) is 0 Å². The second kappa shape index (κ2) is 9.51. The molecule has 0 spiro atoms. The van der Waals surface area contributed by atoms with Crippen LogP contribution in [0.1, 0.15) is 42.1 Å². The highest BCUT2D eigenvalue weighted by Gasteiger charge is 2.32. The molecule has 0 radical (unpaired) electrons. The first-order chi connectivity index (χ1) is 14.7. The van der Waals surface area contributed by atoms with Crippen molar-refractivity contribution < 1.29 is 18.0 Å². The Morgan fingerprint density at radius 1 is 1.10 bits per heavy atom. The van der Waals surface area contributed by atoms with Gasteiger partial charge in [0.1, 0.15) is 6.04 Å². The maximum atomic E-state index is 13.2. The third-order valence-electron chi connectivity index (χ3n) is 5.39. The van der Waals surface area contributed by atoms with Crippen LogP contribution >= 0.6 is 0 Å². The zero-order chi connectivity index (χ0) is 22.6. The Morgan fingerprint density at radius 2 is 1.77 bits per heavy atom. The molecule has 1 N–H and O–H groups in total. The van der Waals surface area contributed by atoms with E-state index in [4.69, 9.17) is 0 Å². The Kier molecular flexibility index (Phi) is 7.00. The Labute approximate surface area is 184 Å². The van der Waals surface area contributed by atoms with E-state index in [9.17, 15) is 18.0 Å². The number of carbonyl (C=O) groups is 2. The van der Waals surface area contributed by atoms with Crippen LogP contribution in [0, 0.1) is 6.92 Å². The summed E-state index contributed by atoms with van der Waals surface area (Å²) in [6, 6.07) is 12.9. The summed E-state index contributed by atoms with van der Waals surface area (Å²) in [5, 5.41) is 2.81. The summed E-state index contributed by atoms with van der Waals surface area (Å²) in [6.45, 7) is 5.03. The van der Waals surface area contributed by atoms with Crippen LogP contribution in [0.3, 0.4) is 0 Å². The minimum atomic E-state index is -3.73. The summed E-state index contributed by atoms with van der Waals surface area (Å²) >= 11 is 0. The molecule has 2 amide bonds.